The maximum Gasteiger partial charge on any atom is 0.283 e. The molecule has 0 saturated carbocycles. The Kier molecular flexibility index (Phi) is 5.50. The molecule has 0 amide bonds. The van der Waals surface area contributed by atoms with Crippen LogP contribution in [0.4, 0.5) is 0 Å². The minimum absolute atomic E-state index is 0.0802. The van der Waals surface area contributed by atoms with Crippen molar-refractivity contribution in [1.82, 2.24) is 0 Å². The van der Waals surface area contributed by atoms with Gasteiger partial charge in [0.25, 0.3) is 10.1 Å². The van der Waals surface area contributed by atoms with E-state index in [2.05, 4.69) is 4.28 Å². The predicted octanol–water partition coefficient (Wildman–Crippen LogP) is 2.31. The lowest BCUT2D eigenvalue weighted by Crippen LogP contribution is -2.24. The lowest BCUT2D eigenvalue weighted by molar-refractivity contribution is 0.327. The summed E-state index contributed by atoms with van der Waals surface area (Å²) >= 11 is 0. The van der Waals surface area contributed by atoms with Gasteiger partial charge in [-0.1, -0.05) is 60.7 Å². The molecule has 0 unspecified atom stereocenters. The molecule has 21 heavy (non-hydrogen) atoms. The van der Waals surface area contributed by atoms with Gasteiger partial charge < -0.3 is 0 Å². The Morgan fingerprint density at radius 2 is 1.29 bits per heavy atom. The highest BCUT2D eigenvalue weighted by atomic mass is 32.2. The van der Waals surface area contributed by atoms with Gasteiger partial charge in [-0.15, -0.1) is 0 Å². The number of nitrogens with two attached hydrogens (primary N) is 1. The first kappa shape index (κ1) is 15.7. The van der Waals surface area contributed by atoms with Crippen molar-refractivity contribution >= 4 is 10.1 Å². The highest BCUT2D eigenvalue weighted by Gasteiger charge is 2.20. The van der Waals surface area contributed by atoms with Crippen LogP contribution < -0.4 is 5.90 Å². The molecule has 0 fully saturated rings. The number of hydrogen-bond acceptors (Lipinski definition) is 4. The van der Waals surface area contributed by atoms with Crippen LogP contribution in [-0.4, -0.2) is 14.2 Å². The zero-order valence-corrected chi connectivity index (χ0v) is 12.5. The fourth-order valence-corrected chi connectivity index (χ4v) is 3.30. The highest BCUT2D eigenvalue weighted by Crippen LogP contribution is 2.17. The molecule has 0 aromatic heterocycles. The first-order valence-corrected chi connectivity index (χ1v) is 8.35. The quantitative estimate of drug-likeness (QED) is 0.797. The Morgan fingerprint density at radius 1 is 0.857 bits per heavy atom. The molecular weight excluding hydrogens is 286 g/mol. The van der Waals surface area contributed by atoms with Crippen molar-refractivity contribution < 1.29 is 12.7 Å². The maximum absolute atomic E-state index is 11.6. The van der Waals surface area contributed by atoms with E-state index in [9.17, 15) is 8.42 Å². The van der Waals surface area contributed by atoms with Crippen molar-refractivity contribution in [2.75, 3.05) is 5.75 Å². The van der Waals surface area contributed by atoms with Gasteiger partial charge in [-0.25, -0.2) is 0 Å². The molecule has 2 rings (SSSR count). The fourth-order valence-electron chi connectivity index (χ4n) is 2.41. The number of hydrogen-bond donors (Lipinski definition) is 1. The second-order valence-corrected chi connectivity index (χ2v) is 6.71. The molecule has 2 aromatic carbocycles. The van der Waals surface area contributed by atoms with E-state index < -0.39 is 10.1 Å². The largest absolute Gasteiger partial charge is 0.283 e. The summed E-state index contributed by atoms with van der Waals surface area (Å²) < 4.78 is 27.4. The van der Waals surface area contributed by atoms with Crippen molar-refractivity contribution in [1.29, 1.82) is 0 Å². The first-order valence-electron chi connectivity index (χ1n) is 6.78. The van der Waals surface area contributed by atoms with Crippen molar-refractivity contribution in [2.45, 2.75) is 12.8 Å². The Bertz CT molecular complexity index is 600. The predicted molar refractivity (Wildman–Crippen MR) is 82.8 cm³/mol. The van der Waals surface area contributed by atoms with Crippen LogP contribution in [-0.2, 0) is 27.2 Å². The first-order chi connectivity index (χ1) is 10.1. The zero-order chi connectivity index (χ0) is 15.1. The van der Waals surface area contributed by atoms with Crippen LogP contribution in [0, 0.1) is 5.92 Å². The van der Waals surface area contributed by atoms with Crippen LogP contribution in [0.25, 0.3) is 0 Å². The SMILES string of the molecule is NOS(=O)(=O)CC(Cc1ccccc1)Cc1ccccc1. The molecule has 0 saturated heterocycles. The standard InChI is InChI=1S/C16H19NO3S/c17-20-21(18,19)13-16(11-14-7-3-1-4-8-14)12-15-9-5-2-6-10-15/h1-10,16H,11-13,17H2. The molecule has 112 valence electrons. The van der Waals surface area contributed by atoms with Gasteiger partial charge in [0, 0.05) is 0 Å². The van der Waals surface area contributed by atoms with E-state index in [0.29, 0.717) is 12.8 Å². The number of benzene rings is 2. The average Bonchev–Trinajstić information content (AvgIpc) is 2.49. The molecule has 0 atom stereocenters. The molecule has 0 bridgehead atoms. The Hall–Kier alpha value is -1.69. The van der Waals surface area contributed by atoms with Gasteiger partial charge in [0.05, 0.1) is 5.75 Å². The summed E-state index contributed by atoms with van der Waals surface area (Å²) in [5.74, 6) is 4.68. The third kappa shape index (κ3) is 5.30. The summed E-state index contributed by atoms with van der Waals surface area (Å²) in [4.78, 5) is 0. The van der Waals surface area contributed by atoms with E-state index in [1.165, 1.54) is 0 Å². The number of rotatable bonds is 7. The molecule has 0 aliphatic rings. The Morgan fingerprint density at radius 3 is 1.67 bits per heavy atom. The molecule has 0 spiro atoms. The van der Waals surface area contributed by atoms with E-state index in [0.717, 1.165) is 11.1 Å². The normalized spacial score (nSPS) is 11.7. The summed E-state index contributed by atoms with van der Waals surface area (Å²) in [6.07, 6.45) is 1.33. The van der Waals surface area contributed by atoms with Gasteiger partial charge in [0.15, 0.2) is 0 Å². The smallest absolute Gasteiger partial charge is 0.198 e. The van der Waals surface area contributed by atoms with Gasteiger partial charge in [0.1, 0.15) is 0 Å². The fraction of sp³-hybridized carbons (Fsp3) is 0.250. The van der Waals surface area contributed by atoms with Gasteiger partial charge >= 0.3 is 0 Å². The molecule has 4 nitrogen and oxygen atoms in total. The third-order valence-corrected chi connectivity index (χ3v) is 4.49. The van der Waals surface area contributed by atoms with E-state index >= 15 is 0 Å². The molecule has 0 aliphatic heterocycles. The summed E-state index contributed by atoms with van der Waals surface area (Å²) in [6.45, 7) is 0. The van der Waals surface area contributed by atoms with Crippen molar-refractivity contribution in [3.8, 4) is 0 Å². The minimum Gasteiger partial charge on any atom is -0.198 e. The van der Waals surface area contributed by atoms with Crippen LogP contribution in [0.1, 0.15) is 11.1 Å². The van der Waals surface area contributed by atoms with Crippen LogP contribution >= 0.6 is 0 Å². The topological polar surface area (TPSA) is 69.4 Å². The van der Waals surface area contributed by atoms with Gasteiger partial charge in [-0.2, -0.15) is 18.6 Å². The summed E-state index contributed by atoms with van der Waals surface area (Å²) in [7, 11) is -3.68. The second kappa shape index (κ2) is 7.36. The molecule has 2 aromatic rings. The summed E-state index contributed by atoms with van der Waals surface area (Å²) in [5.41, 5.74) is 2.20. The zero-order valence-electron chi connectivity index (χ0n) is 11.7. The summed E-state index contributed by atoms with van der Waals surface area (Å²) in [6, 6.07) is 19.6. The van der Waals surface area contributed by atoms with Gasteiger partial charge in [-0.05, 0) is 29.9 Å². The summed E-state index contributed by atoms with van der Waals surface area (Å²) in [5, 5.41) is 0. The van der Waals surface area contributed by atoms with E-state index in [1.54, 1.807) is 0 Å². The molecule has 0 aliphatic carbocycles. The van der Waals surface area contributed by atoms with Crippen LogP contribution in [0.15, 0.2) is 60.7 Å². The molecule has 0 heterocycles. The second-order valence-electron chi connectivity index (χ2n) is 5.07. The van der Waals surface area contributed by atoms with Crippen molar-refractivity contribution in [3.63, 3.8) is 0 Å². The Labute approximate surface area is 125 Å². The highest BCUT2D eigenvalue weighted by molar-refractivity contribution is 7.86. The molecule has 2 N–H and O–H groups in total. The lowest BCUT2D eigenvalue weighted by atomic mass is 9.94. The van der Waals surface area contributed by atoms with Crippen LogP contribution in [0.5, 0.6) is 0 Å². The minimum atomic E-state index is -3.68. The van der Waals surface area contributed by atoms with E-state index in [4.69, 9.17) is 5.90 Å². The monoisotopic (exact) mass is 305 g/mol. The molecule has 0 radical (unpaired) electrons. The van der Waals surface area contributed by atoms with Crippen LogP contribution in [0.2, 0.25) is 0 Å². The van der Waals surface area contributed by atoms with Crippen molar-refractivity contribution in [2.24, 2.45) is 11.8 Å². The van der Waals surface area contributed by atoms with Crippen molar-refractivity contribution in [3.05, 3.63) is 71.8 Å². The molecule has 5 heteroatoms. The molecular formula is C16H19NO3S. The van der Waals surface area contributed by atoms with E-state index in [1.807, 2.05) is 60.7 Å². The van der Waals surface area contributed by atoms with Gasteiger partial charge in [-0.3, -0.25) is 0 Å². The third-order valence-electron chi connectivity index (χ3n) is 3.32. The lowest BCUT2D eigenvalue weighted by Gasteiger charge is -2.16. The average molecular weight is 305 g/mol. The van der Waals surface area contributed by atoms with Crippen LogP contribution in [0.3, 0.4) is 0 Å². The van der Waals surface area contributed by atoms with E-state index in [-0.39, 0.29) is 11.7 Å². The Balaban J connectivity index is 2.14. The maximum atomic E-state index is 11.6. The van der Waals surface area contributed by atoms with Gasteiger partial charge in [0.2, 0.25) is 0 Å².